The van der Waals surface area contributed by atoms with E-state index in [0.717, 1.165) is 20.6 Å². The smallest absolute Gasteiger partial charge is 0.257 e. The summed E-state index contributed by atoms with van der Waals surface area (Å²) in [7, 11) is 1.93. The fraction of sp³-hybridized carbons (Fsp3) is 0.118. The number of para-hydroxylation sites is 1. The molecule has 1 heterocycles. The Bertz CT molecular complexity index is 952. The lowest BCUT2D eigenvalue weighted by molar-refractivity contribution is 0.0977. The van der Waals surface area contributed by atoms with Crippen LogP contribution in [0.4, 0.5) is 0 Å². The van der Waals surface area contributed by atoms with Crippen molar-refractivity contribution in [2.45, 2.75) is 6.92 Å². The van der Waals surface area contributed by atoms with Crippen LogP contribution >= 0.6 is 23.6 Å². The molecule has 0 aliphatic rings. The number of hydrogen-bond donors (Lipinski definition) is 1. The van der Waals surface area contributed by atoms with Crippen molar-refractivity contribution >= 4 is 44.8 Å². The molecule has 0 atom stereocenters. The number of aromatic nitrogens is 1. The largest absolute Gasteiger partial charge is 0.319 e. The highest BCUT2D eigenvalue weighted by Gasteiger charge is 2.08. The van der Waals surface area contributed by atoms with Crippen molar-refractivity contribution in [2.24, 2.45) is 12.0 Å². The lowest BCUT2D eigenvalue weighted by atomic mass is 10.1. The van der Waals surface area contributed by atoms with E-state index in [1.54, 1.807) is 12.1 Å². The Balaban J connectivity index is 1.84. The molecule has 1 N–H and O–H groups in total. The number of amides is 1. The number of nitrogens with zero attached hydrogens (tertiary/aromatic N) is 2. The van der Waals surface area contributed by atoms with Gasteiger partial charge in [-0.05, 0) is 43.4 Å². The van der Waals surface area contributed by atoms with Crippen LogP contribution in [-0.2, 0) is 7.05 Å². The summed E-state index contributed by atoms with van der Waals surface area (Å²) in [5, 5.41) is 2.82. The molecule has 1 aromatic heterocycles. The van der Waals surface area contributed by atoms with Crippen LogP contribution in [0.15, 0.2) is 53.5 Å². The number of nitrogens with one attached hydrogen (secondary N) is 1. The van der Waals surface area contributed by atoms with E-state index in [1.165, 1.54) is 11.3 Å². The summed E-state index contributed by atoms with van der Waals surface area (Å²) in [4.78, 5) is 17.3. The number of thiocarbonyl (C=S) groups is 1. The summed E-state index contributed by atoms with van der Waals surface area (Å²) < 4.78 is 3.09. The number of carbonyl (C=O) groups is 1. The van der Waals surface area contributed by atoms with Gasteiger partial charge < -0.3 is 4.57 Å². The Hall–Kier alpha value is -2.31. The Morgan fingerprint density at radius 1 is 1.17 bits per heavy atom. The second kappa shape index (κ2) is 6.44. The van der Waals surface area contributed by atoms with E-state index in [9.17, 15) is 4.79 Å². The third-order valence-electron chi connectivity index (χ3n) is 3.45. The highest BCUT2D eigenvalue weighted by atomic mass is 32.1. The van der Waals surface area contributed by atoms with Crippen LogP contribution in [0, 0.1) is 6.92 Å². The SMILES string of the molecule is Cc1ccc(C(=O)NC(=S)N=c2sc3ccccc3n2C)cc1. The number of benzene rings is 2. The molecule has 6 heteroatoms. The van der Waals surface area contributed by atoms with Crippen molar-refractivity contribution in [3.8, 4) is 0 Å². The molecule has 0 spiro atoms. The van der Waals surface area contributed by atoms with Crippen LogP contribution in [0.2, 0.25) is 0 Å². The van der Waals surface area contributed by atoms with E-state index in [4.69, 9.17) is 12.2 Å². The summed E-state index contributed by atoms with van der Waals surface area (Å²) in [5.41, 5.74) is 2.75. The molecule has 4 nitrogen and oxygen atoms in total. The second-order valence-electron chi connectivity index (χ2n) is 5.15. The first kappa shape index (κ1) is 15.6. The van der Waals surface area contributed by atoms with Gasteiger partial charge in [0, 0.05) is 12.6 Å². The molecule has 0 aliphatic heterocycles. The standard InChI is InChI=1S/C17H15N3OS2/c1-11-7-9-12(10-8-11)15(21)18-16(22)19-17-20(2)13-5-3-4-6-14(13)23-17/h3-10H,1-2H3,(H,18,21,22). The average molecular weight is 341 g/mol. The zero-order chi connectivity index (χ0) is 16.4. The zero-order valence-electron chi connectivity index (χ0n) is 12.7. The minimum absolute atomic E-state index is 0.165. The van der Waals surface area contributed by atoms with Gasteiger partial charge in [-0.15, -0.1) is 0 Å². The van der Waals surface area contributed by atoms with Crippen LogP contribution in [0.25, 0.3) is 10.2 Å². The van der Waals surface area contributed by atoms with Gasteiger partial charge in [0.05, 0.1) is 10.2 Å². The van der Waals surface area contributed by atoms with E-state index in [0.29, 0.717) is 5.56 Å². The zero-order valence-corrected chi connectivity index (χ0v) is 14.4. The lowest BCUT2D eigenvalue weighted by Gasteiger charge is -2.03. The number of hydrogen-bond acceptors (Lipinski definition) is 3. The van der Waals surface area contributed by atoms with Gasteiger partial charge in [-0.1, -0.05) is 41.2 Å². The molecule has 0 bridgehead atoms. The van der Waals surface area contributed by atoms with E-state index in [1.807, 2.05) is 54.9 Å². The molecule has 0 aliphatic carbocycles. The van der Waals surface area contributed by atoms with Crippen molar-refractivity contribution < 1.29 is 4.79 Å². The average Bonchev–Trinajstić information content (AvgIpc) is 2.84. The number of rotatable bonds is 1. The predicted octanol–water partition coefficient (Wildman–Crippen LogP) is 3.16. The maximum Gasteiger partial charge on any atom is 0.257 e. The normalized spacial score (nSPS) is 11.7. The van der Waals surface area contributed by atoms with Gasteiger partial charge in [-0.3, -0.25) is 10.1 Å². The lowest BCUT2D eigenvalue weighted by Crippen LogP contribution is -2.29. The van der Waals surface area contributed by atoms with Gasteiger partial charge >= 0.3 is 0 Å². The second-order valence-corrected chi connectivity index (χ2v) is 6.54. The summed E-state index contributed by atoms with van der Waals surface area (Å²) >= 11 is 6.73. The number of aryl methyl sites for hydroxylation is 2. The van der Waals surface area contributed by atoms with Crippen molar-refractivity contribution in [1.29, 1.82) is 0 Å². The van der Waals surface area contributed by atoms with Crippen LogP contribution in [-0.4, -0.2) is 15.6 Å². The quantitative estimate of drug-likeness (QED) is 0.691. The van der Waals surface area contributed by atoms with Crippen molar-refractivity contribution in [2.75, 3.05) is 0 Å². The molecule has 116 valence electrons. The van der Waals surface area contributed by atoms with Crippen LogP contribution in [0.1, 0.15) is 15.9 Å². The fourth-order valence-electron chi connectivity index (χ4n) is 2.18. The maximum atomic E-state index is 12.2. The maximum absolute atomic E-state index is 12.2. The van der Waals surface area contributed by atoms with Gasteiger partial charge in [0.1, 0.15) is 0 Å². The molecule has 2 aromatic carbocycles. The molecule has 0 radical (unpaired) electrons. The molecule has 0 saturated heterocycles. The Kier molecular flexibility index (Phi) is 4.36. The Morgan fingerprint density at radius 3 is 2.57 bits per heavy atom. The van der Waals surface area contributed by atoms with E-state index in [2.05, 4.69) is 10.3 Å². The van der Waals surface area contributed by atoms with Crippen LogP contribution in [0.5, 0.6) is 0 Å². The van der Waals surface area contributed by atoms with E-state index >= 15 is 0 Å². The van der Waals surface area contributed by atoms with E-state index < -0.39 is 0 Å². The van der Waals surface area contributed by atoms with Gasteiger partial charge in [-0.2, -0.15) is 4.99 Å². The fourth-order valence-corrected chi connectivity index (χ4v) is 3.44. The summed E-state index contributed by atoms with van der Waals surface area (Å²) in [5.74, 6) is -0.248. The van der Waals surface area contributed by atoms with E-state index in [-0.39, 0.29) is 11.0 Å². The van der Waals surface area contributed by atoms with Crippen molar-refractivity contribution in [3.63, 3.8) is 0 Å². The van der Waals surface area contributed by atoms with Crippen LogP contribution < -0.4 is 10.1 Å². The Morgan fingerprint density at radius 2 is 1.87 bits per heavy atom. The Labute approximate surface area is 143 Å². The van der Waals surface area contributed by atoms with Crippen molar-refractivity contribution in [1.82, 2.24) is 9.88 Å². The number of thiazole rings is 1. The minimum atomic E-state index is -0.248. The van der Waals surface area contributed by atoms with Gasteiger partial charge in [0.15, 0.2) is 4.80 Å². The third kappa shape index (κ3) is 3.38. The van der Waals surface area contributed by atoms with Gasteiger partial charge in [0.2, 0.25) is 5.11 Å². The predicted molar refractivity (Wildman–Crippen MR) is 97.6 cm³/mol. The molecule has 3 aromatic rings. The first-order valence-electron chi connectivity index (χ1n) is 7.06. The molecule has 3 rings (SSSR count). The first-order valence-corrected chi connectivity index (χ1v) is 8.28. The highest BCUT2D eigenvalue weighted by Crippen LogP contribution is 2.15. The molecule has 0 saturated carbocycles. The summed E-state index contributed by atoms with van der Waals surface area (Å²) in [6.07, 6.45) is 0. The molecule has 23 heavy (non-hydrogen) atoms. The topological polar surface area (TPSA) is 46.4 Å². The molecule has 0 fully saturated rings. The molecule has 0 unspecified atom stereocenters. The molecule has 1 amide bonds. The third-order valence-corrected chi connectivity index (χ3v) is 4.75. The summed E-state index contributed by atoms with van der Waals surface area (Å²) in [6, 6.07) is 15.4. The molecular weight excluding hydrogens is 326 g/mol. The highest BCUT2D eigenvalue weighted by molar-refractivity contribution is 7.80. The molecular formula is C17H15N3OS2. The monoisotopic (exact) mass is 341 g/mol. The first-order chi connectivity index (χ1) is 11.0. The minimum Gasteiger partial charge on any atom is -0.319 e. The van der Waals surface area contributed by atoms with Crippen molar-refractivity contribution in [3.05, 3.63) is 64.5 Å². The number of fused-ring (bicyclic) bond motifs is 1. The van der Waals surface area contributed by atoms with Gasteiger partial charge in [0.25, 0.3) is 5.91 Å². The van der Waals surface area contributed by atoms with Gasteiger partial charge in [-0.25, -0.2) is 0 Å². The number of carbonyl (C=O) groups excluding carboxylic acids is 1. The van der Waals surface area contributed by atoms with Crippen LogP contribution in [0.3, 0.4) is 0 Å². The summed E-state index contributed by atoms with van der Waals surface area (Å²) in [6.45, 7) is 1.98.